The van der Waals surface area contributed by atoms with Crippen LogP contribution in [0.2, 0.25) is 5.02 Å². The molecular weight excluding hydrogens is 174 g/mol. The molecule has 0 aliphatic carbocycles. The molecule has 3 heteroatoms. The first kappa shape index (κ1) is 8.72. The van der Waals surface area contributed by atoms with Gasteiger partial charge in [-0.1, -0.05) is 36.4 Å². The highest BCUT2D eigenvalue weighted by atomic mass is 35.5. The Morgan fingerprint density at radius 3 is 2.75 bits per heavy atom. The van der Waals surface area contributed by atoms with Crippen molar-refractivity contribution in [3.05, 3.63) is 41.4 Å². The lowest BCUT2D eigenvalue weighted by Gasteiger charge is -1.99. The minimum atomic E-state index is 0.329. The van der Waals surface area contributed by atoms with Crippen LogP contribution in [0.1, 0.15) is 5.56 Å². The van der Waals surface area contributed by atoms with Gasteiger partial charge in [0, 0.05) is 10.6 Å². The van der Waals surface area contributed by atoms with E-state index in [9.17, 15) is 4.79 Å². The van der Waals surface area contributed by atoms with Gasteiger partial charge in [-0.15, -0.1) is 0 Å². The first-order valence-corrected chi connectivity index (χ1v) is 3.65. The Hall–Kier alpha value is -1.37. The Labute approximate surface area is 75.2 Å². The van der Waals surface area contributed by atoms with E-state index in [1.54, 1.807) is 24.3 Å². The number of nitrogens with zero attached hydrogens (tertiary/aromatic N) is 1. The lowest BCUT2D eigenvalue weighted by atomic mass is 10.2. The Morgan fingerprint density at radius 2 is 2.17 bits per heavy atom. The van der Waals surface area contributed by atoms with Gasteiger partial charge in [-0.3, -0.25) is 0 Å². The minimum absolute atomic E-state index is 0.329. The third-order valence-electron chi connectivity index (χ3n) is 1.37. The molecule has 0 aromatic heterocycles. The summed E-state index contributed by atoms with van der Waals surface area (Å²) in [6.07, 6.45) is 1.41. The van der Waals surface area contributed by atoms with E-state index in [1.165, 1.54) is 6.08 Å². The van der Waals surface area contributed by atoms with E-state index in [1.807, 2.05) is 0 Å². The lowest BCUT2D eigenvalue weighted by molar-refractivity contribution is 0.565. The zero-order chi connectivity index (χ0) is 8.97. The smallest absolute Gasteiger partial charge is 0.211 e. The fraction of sp³-hybridized carbons (Fsp3) is 0. The van der Waals surface area contributed by atoms with Crippen molar-refractivity contribution >= 4 is 23.4 Å². The van der Waals surface area contributed by atoms with Crippen LogP contribution >= 0.6 is 11.6 Å². The van der Waals surface area contributed by atoms with Crippen molar-refractivity contribution in [2.24, 2.45) is 4.99 Å². The van der Waals surface area contributed by atoms with Crippen LogP contribution in [0.4, 0.5) is 0 Å². The molecule has 0 heterocycles. The summed E-state index contributed by atoms with van der Waals surface area (Å²) in [5.74, 6) is 0. The van der Waals surface area contributed by atoms with E-state index < -0.39 is 0 Å². The quantitative estimate of drug-likeness (QED) is 0.507. The molecule has 1 aromatic rings. The number of isocyanates is 1. The highest BCUT2D eigenvalue weighted by molar-refractivity contribution is 6.32. The van der Waals surface area contributed by atoms with Gasteiger partial charge in [0.15, 0.2) is 0 Å². The molecule has 60 valence electrons. The molecule has 0 saturated heterocycles. The van der Waals surface area contributed by atoms with Gasteiger partial charge in [0.05, 0.1) is 5.70 Å². The predicted molar refractivity (Wildman–Crippen MR) is 48.6 cm³/mol. The summed E-state index contributed by atoms with van der Waals surface area (Å²) in [6.45, 7) is 3.56. The second-order valence-corrected chi connectivity index (χ2v) is 2.54. The van der Waals surface area contributed by atoms with Crippen LogP contribution in [0.15, 0.2) is 35.8 Å². The maximum Gasteiger partial charge on any atom is 0.240 e. The highest BCUT2D eigenvalue weighted by Crippen LogP contribution is 2.22. The Morgan fingerprint density at radius 1 is 1.50 bits per heavy atom. The van der Waals surface area contributed by atoms with E-state index in [0.29, 0.717) is 16.3 Å². The second-order valence-electron chi connectivity index (χ2n) is 2.13. The van der Waals surface area contributed by atoms with Gasteiger partial charge in [-0.2, -0.15) is 4.99 Å². The molecule has 0 spiro atoms. The van der Waals surface area contributed by atoms with Crippen molar-refractivity contribution in [3.8, 4) is 0 Å². The zero-order valence-corrected chi connectivity index (χ0v) is 7.01. The number of carbonyl (C=O) groups excluding carboxylic acids is 1. The molecule has 0 radical (unpaired) electrons. The largest absolute Gasteiger partial charge is 0.240 e. The highest BCUT2D eigenvalue weighted by Gasteiger charge is 2.00. The molecular formula is C9H6ClNO. The van der Waals surface area contributed by atoms with E-state index in [2.05, 4.69) is 11.6 Å². The van der Waals surface area contributed by atoms with Crippen LogP contribution in [0.25, 0.3) is 5.70 Å². The number of halogens is 1. The third kappa shape index (κ3) is 1.82. The second kappa shape index (κ2) is 3.86. The first-order valence-electron chi connectivity index (χ1n) is 3.27. The Kier molecular flexibility index (Phi) is 2.81. The summed E-state index contributed by atoms with van der Waals surface area (Å²) < 4.78 is 0. The molecule has 0 saturated carbocycles. The average Bonchev–Trinajstić information content (AvgIpc) is 2.05. The molecule has 2 nitrogen and oxygen atoms in total. The fourth-order valence-corrected chi connectivity index (χ4v) is 1.06. The molecule has 1 aromatic carbocycles. The van der Waals surface area contributed by atoms with Crippen molar-refractivity contribution in [2.75, 3.05) is 0 Å². The van der Waals surface area contributed by atoms with Crippen LogP contribution in [0.3, 0.4) is 0 Å². The van der Waals surface area contributed by atoms with Crippen molar-refractivity contribution in [1.29, 1.82) is 0 Å². The normalized spacial score (nSPS) is 8.75. The first-order chi connectivity index (χ1) is 5.75. The van der Waals surface area contributed by atoms with Gasteiger partial charge >= 0.3 is 0 Å². The van der Waals surface area contributed by atoms with Gasteiger partial charge in [-0.05, 0) is 6.07 Å². The van der Waals surface area contributed by atoms with Gasteiger partial charge in [0.25, 0.3) is 0 Å². The molecule has 0 amide bonds. The molecule has 12 heavy (non-hydrogen) atoms. The third-order valence-corrected chi connectivity index (χ3v) is 1.69. The maximum absolute atomic E-state index is 9.90. The molecule has 0 bridgehead atoms. The number of hydrogen-bond donors (Lipinski definition) is 0. The Bertz CT molecular complexity index is 353. The van der Waals surface area contributed by atoms with E-state index in [-0.39, 0.29) is 0 Å². The lowest BCUT2D eigenvalue weighted by Crippen LogP contribution is -1.79. The average molecular weight is 180 g/mol. The van der Waals surface area contributed by atoms with Crippen LogP contribution in [-0.2, 0) is 4.79 Å². The van der Waals surface area contributed by atoms with Crippen molar-refractivity contribution in [2.45, 2.75) is 0 Å². The molecule has 0 N–H and O–H groups in total. The van der Waals surface area contributed by atoms with E-state index in [4.69, 9.17) is 11.6 Å². The maximum atomic E-state index is 9.90. The molecule has 0 unspecified atom stereocenters. The predicted octanol–water partition coefficient (Wildman–Crippen LogP) is 2.65. The Balaban J connectivity index is 3.11. The minimum Gasteiger partial charge on any atom is -0.211 e. The summed E-state index contributed by atoms with van der Waals surface area (Å²) in [4.78, 5) is 13.3. The van der Waals surface area contributed by atoms with Gasteiger partial charge in [-0.25, -0.2) is 4.79 Å². The number of benzene rings is 1. The molecule has 0 fully saturated rings. The summed E-state index contributed by atoms with van der Waals surface area (Å²) in [6, 6.07) is 7.05. The molecule has 1 rings (SSSR count). The van der Waals surface area contributed by atoms with Crippen LogP contribution in [-0.4, -0.2) is 6.08 Å². The van der Waals surface area contributed by atoms with E-state index in [0.717, 1.165) is 0 Å². The summed E-state index contributed by atoms with van der Waals surface area (Å²) in [5, 5.41) is 0.529. The van der Waals surface area contributed by atoms with Gasteiger partial charge < -0.3 is 0 Å². The molecule has 0 atom stereocenters. The van der Waals surface area contributed by atoms with Crippen molar-refractivity contribution in [3.63, 3.8) is 0 Å². The molecule has 0 aliphatic heterocycles. The van der Waals surface area contributed by atoms with Crippen LogP contribution in [0.5, 0.6) is 0 Å². The van der Waals surface area contributed by atoms with Crippen molar-refractivity contribution in [1.82, 2.24) is 0 Å². The van der Waals surface area contributed by atoms with E-state index >= 15 is 0 Å². The summed E-state index contributed by atoms with van der Waals surface area (Å²) in [7, 11) is 0. The standard InChI is InChI=1S/C9H6ClNO/c1-7(11-6-12)8-4-2-3-5-9(8)10/h2-5H,1H2. The topological polar surface area (TPSA) is 29.4 Å². The van der Waals surface area contributed by atoms with Crippen molar-refractivity contribution < 1.29 is 4.79 Å². The number of hydrogen-bond acceptors (Lipinski definition) is 2. The van der Waals surface area contributed by atoms with Gasteiger partial charge in [0.2, 0.25) is 6.08 Å². The van der Waals surface area contributed by atoms with Crippen LogP contribution < -0.4 is 0 Å². The summed E-state index contributed by atoms with van der Waals surface area (Å²) in [5.41, 5.74) is 0.984. The summed E-state index contributed by atoms with van der Waals surface area (Å²) >= 11 is 5.80. The monoisotopic (exact) mass is 179 g/mol. The zero-order valence-electron chi connectivity index (χ0n) is 6.25. The molecule has 0 aliphatic rings. The SMILES string of the molecule is C=C(N=C=O)c1ccccc1Cl. The van der Waals surface area contributed by atoms with Crippen LogP contribution in [0, 0.1) is 0 Å². The number of aliphatic imine (C=N–C) groups is 1. The van der Waals surface area contributed by atoms with Gasteiger partial charge in [0.1, 0.15) is 0 Å². The number of rotatable bonds is 2. The fourth-order valence-electron chi connectivity index (χ4n) is 0.811.